The van der Waals surface area contributed by atoms with E-state index in [-0.39, 0.29) is 5.91 Å². The smallest absolute Gasteiger partial charge is 0.244 e. The lowest BCUT2D eigenvalue weighted by Crippen LogP contribution is -2.45. The maximum Gasteiger partial charge on any atom is 0.244 e. The number of nitrogens with two attached hydrogens (primary N) is 1. The van der Waals surface area contributed by atoms with Crippen molar-refractivity contribution in [1.29, 1.82) is 0 Å². The van der Waals surface area contributed by atoms with Crippen LogP contribution < -0.4 is 11.1 Å². The van der Waals surface area contributed by atoms with Crippen LogP contribution in [0.15, 0.2) is 66.9 Å². The largest absolute Gasteiger partial charge is 0.368 e. The van der Waals surface area contributed by atoms with Gasteiger partial charge in [0.15, 0.2) is 0 Å². The molecule has 1 heterocycles. The lowest BCUT2D eigenvalue weighted by Gasteiger charge is -2.14. The minimum Gasteiger partial charge on any atom is -0.368 e. The van der Waals surface area contributed by atoms with Gasteiger partial charge in [0.1, 0.15) is 6.04 Å². The van der Waals surface area contributed by atoms with E-state index in [4.69, 9.17) is 5.73 Å². The van der Waals surface area contributed by atoms with Crippen molar-refractivity contribution in [1.82, 2.24) is 9.88 Å². The molecular formula is C21H21N3O2. The summed E-state index contributed by atoms with van der Waals surface area (Å²) in [7, 11) is 1.96. The highest BCUT2D eigenvalue weighted by Gasteiger charge is 2.17. The molecule has 0 radical (unpaired) electrons. The number of fused-ring (bicyclic) bond motifs is 1. The molecule has 1 atom stereocenters. The van der Waals surface area contributed by atoms with Crippen molar-refractivity contribution in [2.45, 2.75) is 12.5 Å². The Labute approximate surface area is 152 Å². The van der Waals surface area contributed by atoms with Crippen LogP contribution in [-0.2, 0) is 23.1 Å². The van der Waals surface area contributed by atoms with Gasteiger partial charge >= 0.3 is 0 Å². The predicted octanol–water partition coefficient (Wildman–Crippen LogP) is 2.40. The Morgan fingerprint density at radius 3 is 2.54 bits per heavy atom. The number of nitrogens with one attached hydrogen (secondary N) is 1. The number of primary amides is 1. The Morgan fingerprint density at radius 1 is 1.12 bits per heavy atom. The first-order valence-corrected chi connectivity index (χ1v) is 8.40. The van der Waals surface area contributed by atoms with E-state index in [1.165, 1.54) is 6.08 Å². The van der Waals surface area contributed by atoms with Crippen LogP contribution in [0.2, 0.25) is 0 Å². The maximum atomic E-state index is 12.3. The highest BCUT2D eigenvalue weighted by atomic mass is 16.2. The first kappa shape index (κ1) is 17.5. The quantitative estimate of drug-likeness (QED) is 0.672. The summed E-state index contributed by atoms with van der Waals surface area (Å²) in [5.74, 6) is -0.904. The zero-order chi connectivity index (χ0) is 18.5. The zero-order valence-corrected chi connectivity index (χ0v) is 14.6. The summed E-state index contributed by atoms with van der Waals surface area (Å²) < 4.78 is 2.01. The third-order valence-electron chi connectivity index (χ3n) is 4.28. The third kappa shape index (κ3) is 4.00. The summed E-state index contributed by atoms with van der Waals surface area (Å²) in [4.78, 5) is 23.9. The van der Waals surface area contributed by atoms with Crippen LogP contribution in [0.1, 0.15) is 11.1 Å². The van der Waals surface area contributed by atoms with Crippen molar-refractivity contribution in [2.75, 3.05) is 0 Å². The second kappa shape index (κ2) is 7.70. The number of aryl methyl sites for hydroxylation is 1. The summed E-state index contributed by atoms with van der Waals surface area (Å²) >= 11 is 0. The molecule has 3 aromatic rings. The van der Waals surface area contributed by atoms with Gasteiger partial charge in [0, 0.05) is 42.2 Å². The van der Waals surface area contributed by atoms with Crippen LogP contribution >= 0.6 is 0 Å². The van der Waals surface area contributed by atoms with Crippen molar-refractivity contribution in [3.8, 4) is 0 Å². The van der Waals surface area contributed by atoms with E-state index < -0.39 is 11.9 Å². The summed E-state index contributed by atoms with van der Waals surface area (Å²) in [6.07, 6.45) is 5.51. The van der Waals surface area contributed by atoms with Crippen molar-refractivity contribution in [2.24, 2.45) is 12.8 Å². The van der Waals surface area contributed by atoms with Gasteiger partial charge in [-0.15, -0.1) is 0 Å². The van der Waals surface area contributed by atoms with Crippen LogP contribution in [0.3, 0.4) is 0 Å². The van der Waals surface area contributed by atoms with Crippen molar-refractivity contribution in [3.63, 3.8) is 0 Å². The van der Waals surface area contributed by atoms with Gasteiger partial charge in [-0.25, -0.2) is 0 Å². The third-order valence-corrected chi connectivity index (χ3v) is 4.28. The molecule has 0 bridgehead atoms. The fourth-order valence-electron chi connectivity index (χ4n) is 2.96. The fraction of sp³-hybridized carbons (Fsp3) is 0.143. The molecule has 0 saturated heterocycles. The lowest BCUT2D eigenvalue weighted by molar-refractivity contribution is -0.124. The number of hydrogen-bond acceptors (Lipinski definition) is 2. The van der Waals surface area contributed by atoms with E-state index in [1.54, 1.807) is 6.08 Å². The second-order valence-electron chi connectivity index (χ2n) is 6.20. The molecule has 5 nitrogen and oxygen atoms in total. The van der Waals surface area contributed by atoms with Crippen LogP contribution in [-0.4, -0.2) is 22.4 Å². The Hall–Kier alpha value is -3.34. The average Bonchev–Trinajstić information content (AvgIpc) is 2.96. The zero-order valence-electron chi connectivity index (χ0n) is 14.6. The number of amides is 2. The van der Waals surface area contributed by atoms with Gasteiger partial charge in [0.05, 0.1) is 0 Å². The van der Waals surface area contributed by atoms with Gasteiger partial charge in [-0.2, -0.15) is 0 Å². The standard InChI is InChI=1S/C21H21N3O2/c1-24-14-16(17-9-5-6-10-19(17)24)11-12-20(25)23-18(21(22)26)13-15-7-3-2-4-8-15/h2-12,14,18H,13H2,1H3,(H2,22,26)(H,23,25)/b12-11-/t18-/m0/s1. The van der Waals surface area contributed by atoms with Gasteiger partial charge in [-0.3, -0.25) is 9.59 Å². The van der Waals surface area contributed by atoms with E-state index in [0.717, 1.165) is 22.0 Å². The van der Waals surface area contributed by atoms with E-state index in [1.807, 2.05) is 72.4 Å². The number of carbonyl (C=O) groups excluding carboxylic acids is 2. The fourth-order valence-corrected chi connectivity index (χ4v) is 2.96. The average molecular weight is 347 g/mol. The van der Waals surface area contributed by atoms with Gasteiger partial charge in [-0.1, -0.05) is 48.5 Å². The molecule has 26 heavy (non-hydrogen) atoms. The highest BCUT2D eigenvalue weighted by molar-refractivity contribution is 5.98. The number of para-hydroxylation sites is 1. The molecule has 1 aromatic heterocycles. The second-order valence-corrected chi connectivity index (χ2v) is 6.20. The molecule has 3 N–H and O–H groups in total. The van der Waals surface area contributed by atoms with E-state index >= 15 is 0 Å². The Balaban J connectivity index is 1.71. The van der Waals surface area contributed by atoms with Gasteiger partial charge < -0.3 is 15.6 Å². The number of rotatable bonds is 6. The Morgan fingerprint density at radius 2 is 1.81 bits per heavy atom. The molecule has 0 aliphatic heterocycles. The molecular weight excluding hydrogens is 326 g/mol. The molecule has 0 aliphatic carbocycles. The molecule has 2 aromatic carbocycles. The highest BCUT2D eigenvalue weighted by Crippen LogP contribution is 2.21. The SMILES string of the molecule is Cn1cc(/C=C\C(=O)N[C@@H](Cc2ccccc2)C(N)=O)c2ccccc21. The normalized spacial score (nSPS) is 12.3. The number of aromatic nitrogens is 1. The van der Waals surface area contributed by atoms with E-state index in [9.17, 15) is 9.59 Å². The van der Waals surface area contributed by atoms with Gasteiger partial charge in [0.2, 0.25) is 11.8 Å². The van der Waals surface area contributed by atoms with Crippen LogP contribution in [0.25, 0.3) is 17.0 Å². The van der Waals surface area contributed by atoms with Crippen molar-refractivity contribution in [3.05, 3.63) is 78.0 Å². The molecule has 0 spiro atoms. The number of carbonyl (C=O) groups is 2. The lowest BCUT2D eigenvalue weighted by atomic mass is 10.1. The molecule has 132 valence electrons. The van der Waals surface area contributed by atoms with E-state index in [2.05, 4.69) is 5.32 Å². The summed E-state index contributed by atoms with van der Waals surface area (Å²) in [6, 6.07) is 16.7. The van der Waals surface area contributed by atoms with Crippen LogP contribution in [0, 0.1) is 0 Å². The minimum atomic E-state index is -0.748. The number of hydrogen-bond donors (Lipinski definition) is 2. The molecule has 2 amide bonds. The van der Waals surface area contributed by atoms with Gasteiger partial charge in [-0.05, 0) is 17.7 Å². The summed E-state index contributed by atoms with van der Waals surface area (Å²) in [6.45, 7) is 0. The first-order chi connectivity index (χ1) is 12.5. The van der Waals surface area contributed by atoms with Gasteiger partial charge in [0.25, 0.3) is 0 Å². The Kier molecular flexibility index (Phi) is 5.17. The summed E-state index contributed by atoms with van der Waals surface area (Å²) in [5.41, 5.74) is 8.41. The molecule has 0 unspecified atom stereocenters. The monoisotopic (exact) mass is 347 g/mol. The predicted molar refractivity (Wildman–Crippen MR) is 103 cm³/mol. The molecule has 0 aliphatic rings. The maximum absolute atomic E-state index is 12.3. The molecule has 0 saturated carbocycles. The molecule has 0 fully saturated rings. The van der Waals surface area contributed by atoms with Crippen LogP contribution in [0.5, 0.6) is 0 Å². The number of benzene rings is 2. The number of nitrogens with zero attached hydrogens (tertiary/aromatic N) is 1. The first-order valence-electron chi connectivity index (χ1n) is 8.40. The molecule has 3 rings (SSSR count). The summed E-state index contributed by atoms with van der Waals surface area (Å²) in [5, 5.41) is 3.75. The topological polar surface area (TPSA) is 77.1 Å². The minimum absolute atomic E-state index is 0.349. The molecule has 5 heteroatoms. The Bertz CT molecular complexity index is 958. The van der Waals surface area contributed by atoms with Crippen molar-refractivity contribution < 1.29 is 9.59 Å². The van der Waals surface area contributed by atoms with Crippen molar-refractivity contribution >= 4 is 28.8 Å². The van der Waals surface area contributed by atoms with Crippen LogP contribution in [0.4, 0.5) is 0 Å². The van der Waals surface area contributed by atoms with E-state index in [0.29, 0.717) is 6.42 Å².